The van der Waals surface area contributed by atoms with Crippen molar-refractivity contribution in [3.8, 4) is 5.75 Å². The molecule has 2 rings (SSSR count). The van der Waals surface area contributed by atoms with E-state index in [1.165, 1.54) is 6.08 Å². The van der Waals surface area contributed by atoms with Crippen molar-refractivity contribution < 1.29 is 19.1 Å². The molecule has 1 aromatic carbocycles. The van der Waals surface area contributed by atoms with Crippen LogP contribution in [0.2, 0.25) is 0 Å². The van der Waals surface area contributed by atoms with E-state index in [0.717, 1.165) is 0 Å². The molecule has 0 aromatic heterocycles. The lowest BCUT2D eigenvalue weighted by Gasteiger charge is -2.03. The number of esters is 1. The van der Waals surface area contributed by atoms with Crippen LogP contribution in [0.4, 0.5) is 0 Å². The summed E-state index contributed by atoms with van der Waals surface area (Å²) in [5, 5.41) is 0. The summed E-state index contributed by atoms with van der Waals surface area (Å²) in [7, 11) is 0. The van der Waals surface area contributed by atoms with Crippen molar-refractivity contribution in [2.24, 2.45) is 0 Å². The van der Waals surface area contributed by atoms with Gasteiger partial charge >= 0.3 is 5.97 Å². The Labute approximate surface area is 98.8 Å². The first-order valence-electron chi connectivity index (χ1n) is 5.36. The summed E-state index contributed by atoms with van der Waals surface area (Å²) < 4.78 is 10.1. The van der Waals surface area contributed by atoms with Gasteiger partial charge in [-0.15, -0.1) is 0 Å². The fourth-order valence-electron chi connectivity index (χ4n) is 1.57. The van der Waals surface area contributed by atoms with Gasteiger partial charge in [-0.25, -0.2) is 4.79 Å². The summed E-state index contributed by atoms with van der Waals surface area (Å²) in [6.45, 7) is 1.80. The van der Waals surface area contributed by atoms with E-state index in [-0.39, 0.29) is 24.6 Å². The van der Waals surface area contributed by atoms with E-state index in [4.69, 9.17) is 9.47 Å². The molecule has 17 heavy (non-hydrogen) atoms. The minimum atomic E-state index is -0.599. The Morgan fingerprint density at radius 1 is 1.41 bits per heavy atom. The molecule has 0 radical (unpaired) electrons. The molecule has 88 valence electrons. The van der Waals surface area contributed by atoms with Crippen LogP contribution in [0.1, 0.15) is 12.5 Å². The summed E-state index contributed by atoms with van der Waals surface area (Å²) in [6, 6.07) is 7.17. The van der Waals surface area contributed by atoms with Crippen molar-refractivity contribution in [3.63, 3.8) is 0 Å². The van der Waals surface area contributed by atoms with Crippen LogP contribution in [0.15, 0.2) is 29.8 Å². The van der Waals surface area contributed by atoms with E-state index < -0.39 is 5.97 Å². The number of benzene rings is 1. The third kappa shape index (κ3) is 2.36. The Morgan fingerprint density at radius 3 is 2.94 bits per heavy atom. The summed E-state index contributed by atoms with van der Waals surface area (Å²) in [5.74, 6) is -0.363. The number of para-hydroxylation sites is 1. The van der Waals surface area contributed by atoms with Crippen molar-refractivity contribution in [3.05, 3.63) is 35.4 Å². The summed E-state index contributed by atoms with van der Waals surface area (Å²) in [4.78, 5) is 23.3. The summed E-state index contributed by atoms with van der Waals surface area (Å²) in [5.41, 5.74) is 0.748. The maximum Gasteiger partial charge on any atom is 0.341 e. The molecule has 0 unspecified atom stereocenters. The molecule has 0 fully saturated rings. The summed E-state index contributed by atoms with van der Waals surface area (Å²) in [6.07, 6.45) is 1.52. The number of hydrogen-bond acceptors (Lipinski definition) is 4. The third-order valence-electron chi connectivity index (χ3n) is 2.37. The number of carbonyl (C=O) groups excluding carboxylic acids is 2. The van der Waals surface area contributed by atoms with Crippen LogP contribution in [-0.2, 0) is 14.3 Å². The first-order chi connectivity index (χ1) is 8.22. The van der Waals surface area contributed by atoms with Crippen LogP contribution in [0, 0.1) is 0 Å². The largest absolute Gasteiger partial charge is 0.485 e. The van der Waals surface area contributed by atoms with Gasteiger partial charge in [-0.2, -0.15) is 0 Å². The fourth-order valence-corrected chi connectivity index (χ4v) is 1.57. The molecule has 1 aliphatic rings. The highest BCUT2D eigenvalue weighted by Gasteiger charge is 2.23. The smallest absolute Gasteiger partial charge is 0.341 e. The second kappa shape index (κ2) is 4.82. The van der Waals surface area contributed by atoms with Crippen molar-refractivity contribution in [2.75, 3.05) is 13.2 Å². The maximum absolute atomic E-state index is 11.7. The minimum Gasteiger partial charge on any atom is -0.485 e. The predicted molar refractivity (Wildman–Crippen MR) is 61.6 cm³/mol. The Hall–Kier alpha value is -2.10. The quantitative estimate of drug-likeness (QED) is 0.574. The zero-order valence-corrected chi connectivity index (χ0v) is 9.43. The van der Waals surface area contributed by atoms with Gasteiger partial charge in [-0.05, 0) is 19.1 Å². The highest BCUT2D eigenvalue weighted by atomic mass is 16.5. The van der Waals surface area contributed by atoms with Crippen molar-refractivity contribution >= 4 is 17.8 Å². The lowest BCUT2D eigenvalue weighted by Crippen LogP contribution is -2.19. The third-order valence-corrected chi connectivity index (χ3v) is 2.37. The van der Waals surface area contributed by atoms with Gasteiger partial charge in [0.25, 0.3) is 0 Å². The van der Waals surface area contributed by atoms with Crippen LogP contribution in [0.5, 0.6) is 5.75 Å². The Morgan fingerprint density at radius 2 is 2.18 bits per heavy atom. The number of hydrogen-bond donors (Lipinski definition) is 0. The maximum atomic E-state index is 11.7. The average molecular weight is 232 g/mol. The number of ketones is 1. The molecule has 0 saturated carbocycles. The molecular formula is C13H12O4. The van der Waals surface area contributed by atoms with Gasteiger partial charge in [-0.3, -0.25) is 4.79 Å². The van der Waals surface area contributed by atoms with E-state index in [9.17, 15) is 9.59 Å². The molecule has 0 saturated heterocycles. The molecule has 0 spiro atoms. The first-order valence-corrected chi connectivity index (χ1v) is 5.36. The van der Waals surface area contributed by atoms with Crippen LogP contribution in [-0.4, -0.2) is 25.0 Å². The Kier molecular flexibility index (Phi) is 3.23. The zero-order chi connectivity index (χ0) is 12.3. The lowest BCUT2D eigenvalue weighted by atomic mass is 10.1. The first kappa shape index (κ1) is 11.4. The van der Waals surface area contributed by atoms with Gasteiger partial charge in [0.15, 0.2) is 6.61 Å². The van der Waals surface area contributed by atoms with E-state index in [1.807, 2.05) is 12.1 Å². The number of rotatable bonds is 2. The molecule has 1 aromatic rings. The van der Waals surface area contributed by atoms with Crippen molar-refractivity contribution in [1.29, 1.82) is 0 Å². The van der Waals surface area contributed by atoms with Crippen LogP contribution in [0.25, 0.3) is 6.08 Å². The van der Waals surface area contributed by atoms with Crippen LogP contribution >= 0.6 is 0 Å². The van der Waals surface area contributed by atoms with Crippen LogP contribution < -0.4 is 4.74 Å². The highest BCUT2D eigenvalue weighted by Crippen LogP contribution is 2.24. The molecule has 0 atom stereocenters. The standard InChI is InChI=1S/C13H12O4/c1-2-16-13(15)10-7-9-5-3-4-6-12(9)17-8-11(10)14/h3-7H,2,8H2,1H3. The lowest BCUT2D eigenvalue weighted by molar-refractivity contribution is -0.140. The van der Waals surface area contributed by atoms with Gasteiger partial charge in [-0.1, -0.05) is 18.2 Å². The van der Waals surface area contributed by atoms with Gasteiger partial charge in [0.2, 0.25) is 5.78 Å². The molecule has 1 heterocycles. The molecule has 4 nitrogen and oxygen atoms in total. The van der Waals surface area contributed by atoms with Gasteiger partial charge in [0, 0.05) is 5.56 Å². The molecule has 4 heteroatoms. The topological polar surface area (TPSA) is 52.6 Å². The summed E-state index contributed by atoms with van der Waals surface area (Å²) >= 11 is 0. The Bertz CT molecular complexity index is 488. The second-order valence-electron chi connectivity index (χ2n) is 3.53. The van der Waals surface area contributed by atoms with Crippen LogP contribution in [0.3, 0.4) is 0 Å². The SMILES string of the molecule is CCOC(=O)C1=Cc2ccccc2OCC1=O. The molecular weight excluding hydrogens is 220 g/mol. The fraction of sp³-hybridized carbons (Fsp3) is 0.231. The van der Waals surface area contributed by atoms with E-state index in [1.54, 1.807) is 19.1 Å². The average Bonchev–Trinajstić information content (AvgIpc) is 2.50. The number of ether oxygens (including phenoxy) is 2. The monoisotopic (exact) mass is 232 g/mol. The highest BCUT2D eigenvalue weighted by molar-refractivity contribution is 6.21. The molecule has 0 amide bonds. The van der Waals surface area contributed by atoms with Gasteiger partial charge in [0.1, 0.15) is 11.3 Å². The van der Waals surface area contributed by atoms with Gasteiger partial charge in [0.05, 0.1) is 6.61 Å². The van der Waals surface area contributed by atoms with Crippen molar-refractivity contribution in [1.82, 2.24) is 0 Å². The number of carbonyl (C=O) groups is 2. The molecule has 0 bridgehead atoms. The van der Waals surface area contributed by atoms with E-state index in [2.05, 4.69) is 0 Å². The van der Waals surface area contributed by atoms with E-state index in [0.29, 0.717) is 11.3 Å². The van der Waals surface area contributed by atoms with E-state index >= 15 is 0 Å². The zero-order valence-electron chi connectivity index (χ0n) is 9.43. The normalized spacial score (nSPS) is 14.2. The van der Waals surface area contributed by atoms with Crippen molar-refractivity contribution in [2.45, 2.75) is 6.92 Å². The van der Waals surface area contributed by atoms with Gasteiger partial charge < -0.3 is 9.47 Å². The predicted octanol–water partition coefficient (Wildman–Crippen LogP) is 1.59. The molecule has 0 N–H and O–H groups in total. The molecule has 0 aliphatic carbocycles. The second-order valence-corrected chi connectivity index (χ2v) is 3.53. The molecule has 1 aliphatic heterocycles. The Balaban J connectivity index is 2.40. The number of fused-ring (bicyclic) bond motifs is 1. The minimum absolute atomic E-state index is 0.0387. The number of Topliss-reactive ketones (excluding diaryl/α,β-unsaturated/α-hetero) is 1.